The maximum Gasteiger partial charge on any atom is 0.221 e. The maximum atomic E-state index is 12.5. The van der Waals surface area contributed by atoms with Gasteiger partial charge in [0.1, 0.15) is 0 Å². The van der Waals surface area contributed by atoms with Gasteiger partial charge in [-0.05, 0) is 34.4 Å². The third-order valence-electron chi connectivity index (χ3n) is 4.84. The van der Waals surface area contributed by atoms with Crippen molar-refractivity contribution in [3.8, 4) is 11.1 Å². The molecule has 5 heteroatoms. The third-order valence-corrected chi connectivity index (χ3v) is 6.57. The van der Waals surface area contributed by atoms with Crippen molar-refractivity contribution in [3.05, 3.63) is 90.0 Å². The maximum absolute atomic E-state index is 12.5. The zero-order chi connectivity index (χ0) is 18.9. The van der Waals surface area contributed by atoms with Gasteiger partial charge >= 0.3 is 0 Å². The fourth-order valence-corrected chi connectivity index (χ4v) is 4.78. The lowest BCUT2D eigenvalue weighted by atomic mass is 10.1. The van der Waals surface area contributed by atoms with Crippen LogP contribution in [0.3, 0.4) is 0 Å². The summed E-state index contributed by atoms with van der Waals surface area (Å²) in [6.07, 6.45) is -0.0714. The van der Waals surface area contributed by atoms with Crippen LogP contribution in [-0.2, 0) is 14.6 Å². The molecule has 0 saturated heterocycles. The van der Waals surface area contributed by atoms with Crippen molar-refractivity contribution in [2.45, 2.75) is 17.4 Å². The highest BCUT2D eigenvalue weighted by Gasteiger charge is 2.29. The van der Waals surface area contributed by atoms with Crippen LogP contribution in [0.25, 0.3) is 11.1 Å². The van der Waals surface area contributed by atoms with E-state index in [1.54, 1.807) is 30.3 Å². The average molecular weight is 377 g/mol. The minimum absolute atomic E-state index is 0.0714. The van der Waals surface area contributed by atoms with Gasteiger partial charge in [0, 0.05) is 6.42 Å². The quantitative estimate of drug-likeness (QED) is 0.737. The summed E-state index contributed by atoms with van der Waals surface area (Å²) in [6.45, 7) is 0. The van der Waals surface area contributed by atoms with Crippen LogP contribution >= 0.6 is 0 Å². The number of rotatable bonds is 5. The molecule has 1 amide bonds. The normalized spacial score (nSPS) is 13.0. The smallest absolute Gasteiger partial charge is 0.221 e. The number of hydrogen-bond acceptors (Lipinski definition) is 3. The molecule has 0 atom stereocenters. The lowest BCUT2D eigenvalue weighted by Gasteiger charge is -2.16. The van der Waals surface area contributed by atoms with E-state index >= 15 is 0 Å². The van der Waals surface area contributed by atoms with E-state index in [2.05, 4.69) is 5.32 Å². The number of hydrogen-bond donors (Lipinski definition) is 1. The minimum Gasteiger partial charge on any atom is -0.345 e. The number of fused-ring (bicyclic) bond motifs is 3. The summed E-state index contributed by atoms with van der Waals surface area (Å²) in [6, 6.07) is 23.9. The Morgan fingerprint density at radius 2 is 1.30 bits per heavy atom. The van der Waals surface area contributed by atoms with Crippen molar-refractivity contribution in [1.29, 1.82) is 0 Å². The lowest BCUT2D eigenvalue weighted by Crippen LogP contribution is -2.29. The lowest BCUT2D eigenvalue weighted by molar-refractivity contribution is -0.121. The number of sulfone groups is 1. The summed E-state index contributed by atoms with van der Waals surface area (Å²) < 4.78 is 24.8. The van der Waals surface area contributed by atoms with Crippen LogP contribution in [0.4, 0.5) is 0 Å². The van der Waals surface area contributed by atoms with Gasteiger partial charge in [-0.15, -0.1) is 0 Å². The van der Waals surface area contributed by atoms with E-state index in [9.17, 15) is 13.2 Å². The van der Waals surface area contributed by atoms with E-state index in [1.165, 1.54) is 0 Å². The van der Waals surface area contributed by atoms with Crippen molar-refractivity contribution in [1.82, 2.24) is 5.32 Å². The molecule has 4 rings (SSSR count). The van der Waals surface area contributed by atoms with E-state index in [-0.39, 0.29) is 29.0 Å². The highest BCUT2D eigenvalue weighted by atomic mass is 32.2. The third kappa shape index (κ3) is 3.38. The van der Waals surface area contributed by atoms with Gasteiger partial charge in [0.15, 0.2) is 9.84 Å². The summed E-state index contributed by atoms with van der Waals surface area (Å²) in [5, 5.41) is 3.01. The number of carbonyl (C=O) groups excluding carboxylic acids is 1. The summed E-state index contributed by atoms with van der Waals surface area (Å²) in [5.41, 5.74) is 4.29. The Balaban J connectivity index is 1.51. The Morgan fingerprint density at radius 1 is 0.778 bits per heavy atom. The molecule has 136 valence electrons. The summed E-state index contributed by atoms with van der Waals surface area (Å²) >= 11 is 0. The molecule has 0 saturated carbocycles. The standard InChI is InChI=1S/C22H19NO3S/c24-21(14-15-27(25,26)16-8-2-1-3-9-16)23-22-19-12-6-4-10-17(19)18-11-5-7-13-20(18)22/h1-13,22H,14-15H2,(H,23,24). The van der Waals surface area contributed by atoms with E-state index in [4.69, 9.17) is 0 Å². The van der Waals surface area contributed by atoms with Crippen molar-refractivity contribution in [3.63, 3.8) is 0 Å². The van der Waals surface area contributed by atoms with Crippen LogP contribution < -0.4 is 5.32 Å². The molecular formula is C22H19NO3S. The highest BCUT2D eigenvalue weighted by molar-refractivity contribution is 7.91. The van der Waals surface area contributed by atoms with Crippen LogP contribution in [-0.4, -0.2) is 20.1 Å². The van der Waals surface area contributed by atoms with Crippen LogP contribution in [0.1, 0.15) is 23.6 Å². The van der Waals surface area contributed by atoms with Crippen molar-refractivity contribution < 1.29 is 13.2 Å². The fourth-order valence-electron chi connectivity index (χ4n) is 3.52. The first-order valence-electron chi connectivity index (χ1n) is 8.82. The van der Waals surface area contributed by atoms with E-state index in [1.807, 2.05) is 48.5 Å². The molecule has 3 aromatic carbocycles. The molecular weight excluding hydrogens is 358 g/mol. The van der Waals surface area contributed by atoms with Crippen molar-refractivity contribution in [2.75, 3.05) is 5.75 Å². The Hall–Kier alpha value is -2.92. The summed E-state index contributed by atoms with van der Waals surface area (Å²) in [4.78, 5) is 12.8. The fraction of sp³-hybridized carbons (Fsp3) is 0.136. The molecule has 1 aliphatic rings. The van der Waals surface area contributed by atoms with Crippen LogP contribution in [0.5, 0.6) is 0 Å². The Bertz CT molecular complexity index is 1050. The first-order valence-corrected chi connectivity index (χ1v) is 10.5. The number of carbonyl (C=O) groups is 1. The topological polar surface area (TPSA) is 63.2 Å². The van der Waals surface area contributed by atoms with E-state index < -0.39 is 9.84 Å². The molecule has 0 bridgehead atoms. The molecule has 1 N–H and O–H groups in total. The Morgan fingerprint density at radius 3 is 1.89 bits per heavy atom. The Labute approximate surface area is 158 Å². The van der Waals surface area contributed by atoms with Gasteiger partial charge in [-0.1, -0.05) is 66.7 Å². The molecule has 4 nitrogen and oxygen atoms in total. The second-order valence-electron chi connectivity index (χ2n) is 6.56. The number of nitrogens with one attached hydrogen (secondary N) is 1. The molecule has 0 aromatic heterocycles. The van der Waals surface area contributed by atoms with Gasteiger partial charge in [0.25, 0.3) is 0 Å². The zero-order valence-electron chi connectivity index (χ0n) is 14.6. The second kappa shape index (κ2) is 7.00. The van der Waals surface area contributed by atoms with Gasteiger partial charge in [-0.2, -0.15) is 0 Å². The van der Waals surface area contributed by atoms with Gasteiger partial charge in [-0.25, -0.2) is 8.42 Å². The Kier molecular flexibility index (Phi) is 4.54. The molecule has 0 unspecified atom stereocenters. The average Bonchev–Trinajstić information content (AvgIpc) is 3.01. The molecule has 3 aromatic rings. The number of benzene rings is 3. The first kappa shape index (κ1) is 17.5. The summed E-state index contributed by atoms with van der Waals surface area (Å²) in [5.74, 6) is -0.482. The monoisotopic (exact) mass is 377 g/mol. The molecule has 27 heavy (non-hydrogen) atoms. The predicted molar refractivity (Wildman–Crippen MR) is 105 cm³/mol. The zero-order valence-corrected chi connectivity index (χ0v) is 15.4. The minimum atomic E-state index is -3.47. The molecule has 0 radical (unpaired) electrons. The van der Waals surface area contributed by atoms with E-state index in [0.717, 1.165) is 22.3 Å². The first-order chi connectivity index (χ1) is 13.1. The highest BCUT2D eigenvalue weighted by Crippen LogP contribution is 2.42. The molecule has 0 aliphatic heterocycles. The van der Waals surface area contributed by atoms with Crippen LogP contribution in [0.2, 0.25) is 0 Å². The van der Waals surface area contributed by atoms with Crippen molar-refractivity contribution in [2.24, 2.45) is 0 Å². The predicted octanol–water partition coefficient (Wildman–Crippen LogP) is 3.74. The molecule has 0 spiro atoms. The SMILES string of the molecule is O=C(CCS(=O)(=O)c1ccccc1)NC1c2ccccc2-c2ccccc21. The van der Waals surface area contributed by atoms with Gasteiger partial charge in [0.2, 0.25) is 5.91 Å². The number of amides is 1. The molecule has 1 aliphatic carbocycles. The van der Waals surface area contributed by atoms with Crippen LogP contribution in [0, 0.1) is 0 Å². The molecule has 0 heterocycles. The van der Waals surface area contributed by atoms with Gasteiger partial charge in [0.05, 0.1) is 16.7 Å². The molecule has 0 fully saturated rings. The largest absolute Gasteiger partial charge is 0.345 e. The van der Waals surface area contributed by atoms with Crippen LogP contribution in [0.15, 0.2) is 83.8 Å². The second-order valence-corrected chi connectivity index (χ2v) is 8.67. The summed E-state index contributed by atoms with van der Waals surface area (Å²) in [7, 11) is -3.47. The van der Waals surface area contributed by atoms with Gasteiger partial charge < -0.3 is 5.32 Å². The van der Waals surface area contributed by atoms with Crippen molar-refractivity contribution >= 4 is 15.7 Å². The van der Waals surface area contributed by atoms with E-state index in [0.29, 0.717) is 0 Å². The van der Waals surface area contributed by atoms with Gasteiger partial charge in [-0.3, -0.25) is 4.79 Å².